The van der Waals surface area contributed by atoms with Crippen LogP contribution in [0.4, 0.5) is 10.7 Å². The fraction of sp³-hybridized carbons (Fsp3) is 0.579. The minimum absolute atomic E-state index is 0.319. The third kappa shape index (κ3) is 7.07. The van der Waals surface area contributed by atoms with Crippen LogP contribution in [0.15, 0.2) is 17.2 Å². The van der Waals surface area contributed by atoms with Crippen LogP contribution in [0, 0.1) is 0 Å². The van der Waals surface area contributed by atoms with E-state index in [2.05, 4.69) is 25.9 Å². The molecule has 0 aromatic carbocycles. The Morgan fingerprint density at radius 3 is 2.72 bits per heavy atom. The lowest BCUT2D eigenvalue weighted by atomic mass is 9.91. The monoisotopic (exact) mass is 421 g/mol. The second kappa shape index (κ2) is 11.2. The van der Waals surface area contributed by atoms with Crippen molar-refractivity contribution in [3.8, 4) is 0 Å². The van der Waals surface area contributed by atoms with E-state index in [4.69, 9.17) is 9.47 Å². The third-order valence-corrected chi connectivity index (χ3v) is 5.58. The molecule has 2 fully saturated rings. The van der Waals surface area contributed by atoms with E-state index in [0.29, 0.717) is 48.5 Å². The first kappa shape index (κ1) is 21.7. The summed E-state index contributed by atoms with van der Waals surface area (Å²) in [5, 5.41) is 8.80. The number of ether oxygens (including phenoxy) is 2. The highest BCUT2D eigenvalue weighted by atomic mass is 32.2. The largest absolute Gasteiger partial charge is 0.382 e. The number of anilines is 1. The van der Waals surface area contributed by atoms with E-state index in [1.165, 1.54) is 0 Å². The number of methoxy groups -OCH3 is 1. The lowest BCUT2D eigenvalue weighted by Crippen LogP contribution is -2.38. The number of rotatable bonds is 10. The van der Waals surface area contributed by atoms with Gasteiger partial charge in [0, 0.05) is 31.9 Å². The van der Waals surface area contributed by atoms with Crippen LogP contribution in [0.2, 0.25) is 0 Å². The third-order valence-electron chi connectivity index (χ3n) is 4.77. The average molecular weight is 422 g/mol. The summed E-state index contributed by atoms with van der Waals surface area (Å²) in [5.74, 6) is 0.153. The van der Waals surface area contributed by atoms with Crippen LogP contribution in [0.3, 0.4) is 0 Å². The molecule has 1 aromatic rings. The minimum atomic E-state index is -0.386. The first-order chi connectivity index (χ1) is 14.1. The first-order valence-corrected chi connectivity index (χ1v) is 10.6. The maximum atomic E-state index is 11.7. The molecule has 2 heterocycles. The van der Waals surface area contributed by atoms with Crippen molar-refractivity contribution in [2.24, 2.45) is 0 Å². The first-order valence-electron chi connectivity index (χ1n) is 9.78. The molecule has 29 heavy (non-hydrogen) atoms. The van der Waals surface area contributed by atoms with Crippen LogP contribution in [0.5, 0.6) is 0 Å². The predicted octanol–water partition coefficient (Wildman–Crippen LogP) is 1.78. The predicted molar refractivity (Wildman–Crippen MR) is 112 cm³/mol. The van der Waals surface area contributed by atoms with Crippen molar-refractivity contribution >= 4 is 34.9 Å². The van der Waals surface area contributed by atoms with Gasteiger partial charge in [0.15, 0.2) is 0 Å². The van der Waals surface area contributed by atoms with Crippen molar-refractivity contribution < 1.29 is 19.1 Å². The van der Waals surface area contributed by atoms with E-state index in [0.717, 1.165) is 44.0 Å². The number of imide groups is 1. The van der Waals surface area contributed by atoms with Gasteiger partial charge in [-0.3, -0.25) is 14.9 Å². The molecule has 0 atom stereocenters. The topological polar surface area (TPSA) is 114 Å². The second-order valence-corrected chi connectivity index (χ2v) is 7.92. The molecule has 2 amide bonds. The summed E-state index contributed by atoms with van der Waals surface area (Å²) in [6, 6.07) is 2.54. The highest BCUT2D eigenvalue weighted by Gasteiger charge is 2.25. The van der Waals surface area contributed by atoms with Crippen LogP contribution in [0.1, 0.15) is 31.4 Å². The Hall–Kier alpha value is -2.01. The Morgan fingerprint density at radius 1 is 1.21 bits per heavy atom. The zero-order valence-corrected chi connectivity index (χ0v) is 17.3. The van der Waals surface area contributed by atoms with Crippen molar-refractivity contribution in [1.29, 1.82) is 0 Å². The van der Waals surface area contributed by atoms with Gasteiger partial charge in [-0.1, -0.05) is 0 Å². The van der Waals surface area contributed by atoms with E-state index in [9.17, 15) is 9.59 Å². The molecule has 3 N–H and O–H groups in total. The lowest BCUT2D eigenvalue weighted by Gasteiger charge is -2.29. The van der Waals surface area contributed by atoms with Gasteiger partial charge in [-0.05, 0) is 49.6 Å². The van der Waals surface area contributed by atoms with Crippen LogP contribution in [0.25, 0.3) is 6.08 Å². The lowest BCUT2D eigenvalue weighted by molar-refractivity contribution is -0.115. The molecular formula is C19H27N5O4S. The van der Waals surface area contributed by atoms with Gasteiger partial charge in [-0.25, -0.2) is 9.97 Å². The van der Waals surface area contributed by atoms with Gasteiger partial charge < -0.3 is 20.1 Å². The molecule has 1 saturated heterocycles. The molecule has 9 nitrogen and oxygen atoms in total. The van der Waals surface area contributed by atoms with E-state index in [1.807, 2.05) is 0 Å². The molecule has 2 aliphatic rings. The summed E-state index contributed by atoms with van der Waals surface area (Å²) < 4.78 is 10.4. The molecule has 1 aromatic heterocycles. The van der Waals surface area contributed by atoms with Crippen molar-refractivity contribution in [2.75, 3.05) is 38.8 Å². The minimum Gasteiger partial charge on any atom is -0.382 e. The molecule has 158 valence electrons. The average Bonchev–Trinajstić information content (AvgIpc) is 3.03. The number of aromatic nitrogens is 2. The maximum absolute atomic E-state index is 11.7. The Kier molecular flexibility index (Phi) is 8.41. The summed E-state index contributed by atoms with van der Waals surface area (Å²) in [5.41, 5.74) is 0.596. The van der Waals surface area contributed by atoms with E-state index in [1.54, 1.807) is 25.4 Å². The van der Waals surface area contributed by atoms with Gasteiger partial charge >= 0.3 is 0 Å². The van der Waals surface area contributed by atoms with E-state index >= 15 is 0 Å². The molecule has 1 aliphatic heterocycles. The van der Waals surface area contributed by atoms with Gasteiger partial charge in [0.2, 0.25) is 5.95 Å². The molecule has 0 spiro atoms. The Bertz CT molecular complexity index is 737. The zero-order valence-electron chi connectivity index (χ0n) is 16.5. The Morgan fingerprint density at radius 2 is 2.00 bits per heavy atom. The fourth-order valence-electron chi connectivity index (χ4n) is 3.28. The van der Waals surface area contributed by atoms with Crippen LogP contribution in [-0.4, -0.2) is 66.7 Å². The number of nitrogens with zero attached hydrogens (tertiary/aromatic N) is 2. The number of carbonyl (C=O) groups is 2. The molecule has 1 aliphatic carbocycles. The number of hydrogen-bond donors (Lipinski definition) is 3. The number of amides is 2. The molecule has 10 heteroatoms. The number of thioether (sulfide) groups is 1. The molecule has 0 radical (unpaired) electrons. The number of hydrogen-bond acceptors (Lipinski definition) is 9. The summed E-state index contributed by atoms with van der Waals surface area (Å²) in [6.45, 7) is 2.80. The smallest absolute Gasteiger partial charge is 0.290 e. The maximum Gasteiger partial charge on any atom is 0.290 e. The molecule has 1 saturated carbocycles. The molecule has 0 bridgehead atoms. The second-order valence-electron chi connectivity index (χ2n) is 6.91. The van der Waals surface area contributed by atoms with E-state index in [-0.39, 0.29) is 11.1 Å². The molecule has 0 unspecified atom stereocenters. The van der Waals surface area contributed by atoms with Gasteiger partial charge in [0.1, 0.15) is 0 Å². The van der Waals surface area contributed by atoms with Gasteiger partial charge in [0.05, 0.1) is 30.4 Å². The van der Waals surface area contributed by atoms with Crippen LogP contribution < -0.4 is 16.0 Å². The molecule has 3 rings (SSSR count). The Labute approximate surface area is 174 Å². The highest BCUT2D eigenvalue weighted by Crippen LogP contribution is 2.25. The van der Waals surface area contributed by atoms with Gasteiger partial charge in [0.25, 0.3) is 11.1 Å². The van der Waals surface area contributed by atoms with Crippen molar-refractivity contribution in [1.82, 2.24) is 20.6 Å². The van der Waals surface area contributed by atoms with Crippen molar-refractivity contribution in [3.05, 3.63) is 22.9 Å². The Balaban J connectivity index is 1.41. The van der Waals surface area contributed by atoms with E-state index < -0.39 is 0 Å². The normalized spacial score (nSPS) is 23.4. The zero-order chi connectivity index (χ0) is 20.5. The van der Waals surface area contributed by atoms with Gasteiger partial charge in [-0.15, -0.1) is 0 Å². The highest BCUT2D eigenvalue weighted by molar-refractivity contribution is 8.18. The quantitative estimate of drug-likeness (QED) is 0.384. The van der Waals surface area contributed by atoms with Crippen LogP contribution in [-0.2, 0) is 14.3 Å². The summed E-state index contributed by atoms with van der Waals surface area (Å²) in [6.07, 6.45) is 7.48. The van der Waals surface area contributed by atoms with Gasteiger partial charge in [-0.2, -0.15) is 0 Å². The fourth-order valence-corrected chi connectivity index (χ4v) is 3.95. The number of carbonyl (C=O) groups excluding carboxylic acids is 2. The molecular weight excluding hydrogens is 394 g/mol. The van der Waals surface area contributed by atoms with Crippen molar-refractivity contribution in [2.45, 2.75) is 37.8 Å². The SMILES string of the molecule is COCCOCCNC1CCC(Nc2nccc(C=C3SC(=O)NC3=O)n2)CC1. The summed E-state index contributed by atoms with van der Waals surface area (Å²) in [7, 11) is 1.67. The number of nitrogens with one attached hydrogen (secondary N) is 3. The standard InChI is InChI=1S/C19H27N5O4S/c1-27-10-11-28-9-8-20-13-2-4-14(5-3-13)22-18-21-7-6-15(23-18)12-16-17(25)24-19(26)29-16/h6-7,12-14,20H,2-5,8-11H2,1H3,(H,21,22,23)(H,24,25,26). The van der Waals surface area contributed by atoms with Crippen molar-refractivity contribution in [3.63, 3.8) is 0 Å². The summed E-state index contributed by atoms with van der Waals surface area (Å²) >= 11 is 0.881. The van der Waals surface area contributed by atoms with Crippen LogP contribution >= 0.6 is 11.8 Å². The summed E-state index contributed by atoms with van der Waals surface area (Å²) in [4.78, 5) is 32.0.